The smallest absolute Gasteiger partial charge is 0.270 e. The molecule has 15 heavy (non-hydrogen) atoms. The van der Waals surface area contributed by atoms with E-state index in [-0.39, 0.29) is 5.91 Å². The fraction of sp³-hybridized carbons (Fsp3) is 0.545. The van der Waals surface area contributed by atoms with Crippen molar-refractivity contribution in [2.24, 2.45) is 0 Å². The van der Waals surface area contributed by atoms with Crippen molar-refractivity contribution in [3.05, 3.63) is 18.0 Å². The van der Waals surface area contributed by atoms with Crippen molar-refractivity contribution in [3.63, 3.8) is 0 Å². The molecule has 2 rings (SSSR count). The highest BCUT2D eigenvalue weighted by Crippen LogP contribution is 2.23. The molecule has 0 saturated heterocycles. The molecule has 4 nitrogen and oxygen atoms in total. The van der Waals surface area contributed by atoms with Gasteiger partial charge in [0.2, 0.25) is 0 Å². The minimum absolute atomic E-state index is 0.0404. The number of aromatic amines is 1. The lowest BCUT2D eigenvalue weighted by atomic mass is 10.2. The van der Waals surface area contributed by atoms with Crippen molar-refractivity contribution in [2.75, 3.05) is 12.8 Å². The van der Waals surface area contributed by atoms with Crippen LogP contribution in [0.15, 0.2) is 12.3 Å². The van der Waals surface area contributed by atoms with Crippen molar-refractivity contribution < 1.29 is 4.79 Å². The summed E-state index contributed by atoms with van der Waals surface area (Å²) in [6.45, 7) is 0. The number of carbonyl (C=O) groups excluding carboxylic acids is 1. The van der Waals surface area contributed by atoms with Gasteiger partial charge in [0.05, 0.1) is 0 Å². The third-order valence-corrected chi connectivity index (χ3v) is 3.13. The number of hydrogen-bond acceptors (Lipinski definition) is 2. The third-order valence-electron chi connectivity index (χ3n) is 3.13. The maximum atomic E-state index is 12.0. The molecule has 0 aromatic carbocycles. The lowest BCUT2D eigenvalue weighted by Crippen LogP contribution is -2.35. The maximum Gasteiger partial charge on any atom is 0.270 e. The van der Waals surface area contributed by atoms with Gasteiger partial charge < -0.3 is 15.6 Å². The molecule has 1 saturated carbocycles. The van der Waals surface area contributed by atoms with Gasteiger partial charge >= 0.3 is 0 Å². The van der Waals surface area contributed by atoms with E-state index < -0.39 is 0 Å². The highest BCUT2D eigenvalue weighted by molar-refractivity contribution is 5.93. The summed E-state index contributed by atoms with van der Waals surface area (Å²) in [6, 6.07) is 2.09. The number of H-pyrrole nitrogens is 1. The summed E-state index contributed by atoms with van der Waals surface area (Å²) in [4.78, 5) is 16.7. The number of nitrogen functional groups attached to an aromatic ring is 1. The van der Waals surface area contributed by atoms with Gasteiger partial charge in [-0.3, -0.25) is 4.79 Å². The van der Waals surface area contributed by atoms with Gasteiger partial charge in [0, 0.05) is 25.0 Å². The molecule has 82 valence electrons. The Morgan fingerprint density at radius 1 is 1.53 bits per heavy atom. The summed E-state index contributed by atoms with van der Waals surface area (Å²) in [7, 11) is 1.87. The average molecular weight is 207 g/mol. The van der Waals surface area contributed by atoms with Crippen LogP contribution in [-0.4, -0.2) is 28.9 Å². The number of hydrogen-bond donors (Lipinski definition) is 2. The molecule has 4 heteroatoms. The molecule has 0 atom stereocenters. The molecule has 0 unspecified atom stereocenters. The molecule has 1 aliphatic rings. The second kappa shape index (κ2) is 3.96. The van der Waals surface area contributed by atoms with E-state index in [1.807, 2.05) is 11.9 Å². The van der Waals surface area contributed by atoms with Gasteiger partial charge in [-0.05, 0) is 18.9 Å². The average Bonchev–Trinajstić information content (AvgIpc) is 2.85. The standard InChI is InChI=1S/C11H17N3O/c1-14(9-4-2-3-5-9)11(15)10-6-8(12)7-13-10/h6-7,9,13H,2-5,12H2,1H3. The van der Waals surface area contributed by atoms with Crippen LogP contribution in [-0.2, 0) is 0 Å². The number of aromatic nitrogens is 1. The number of amides is 1. The zero-order chi connectivity index (χ0) is 10.8. The lowest BCUT2D eigenvalue weighted by molar-refractivity contribution is 0.0730. The van der Waals surface area contributed by atoms with Gasteiger partial charge in [0.25, 0.3) is 5.91 Å². The Hall–Kier alpha value is -1.45. The summed E-state index contributed by atoms with van der Waals surface area (Å²) in [5.74, 6) is 0.0404. The van der Waals surface area contributed by atoms with E-state index in [1.165, 1.54) is 12.8 Å². The predicted octanol–water partition coefficient (Wildman–Crippen LogP) is 1.61. The topological polar surface area (TPSA) is 62.1 Å². The summed E-state index contributed by atoms with van der Waals surface area (Å²) in [6.07, 6.45) is 6.36. The predicted molar refractivity (Wildman–Crippen MR) is 59.6 cm³/mol. The van der Waals surface area contributed by atoms with Crippen LogP contribution in [0.4, 0.5) is 5.69 Å². The van der Waals surface area contributed by atoms with Crippen molar-refractivity contribution in [1.82, 2.24) is 9.88 Å². The van der Waals surface area contributed by atoms with Gasteiger partial charge in [-0.1, -0.05) is 12.8 Å². The molecule has 1 aromatic rings. The largest absolute Gasteiger partial charge is 0.397 e. The zero-order valence-electron chi connectivity index (χ0n) is 8.99. The first-order valence-corrected chi connectivity index (χ1v) is 5.39. The van der Waals surface area contributed by atoms with E-state index in [4.69, 9.17) is 5.73 Å². The first-order chi connectivity index (χ1) is 7.18. The third kappa shape index (κ3) is 1.98. The van der Waals surface area contributed by atoms with Crippen molar-refractivity contribution in [2.45, 2.75) is 31.7 Å². The van der Waals surface area contributed by atoms with Gasteiger partial charge in [-0.15, -0.1) is 0 Å². The van der Waals surface area contributed by atoms with Crippen LogP contribution in [0.1, 0.15) is 36.2 Å². The molecule has 1 amide bonds. The number of anilines is 1. The highest BCUT2D eigenvalue weighted by Gasteiger charge is 2.24. The zero-order valence-corrected chi connectivity index (χ0v) is 8.99. The van der Waals surface area contributed by atoms with E-state index in [9.17, 15) is 4.79 Å². The van der Waals surface area contributed by atoms with Crippen LogP contribution in [0.3, 0.4) is 0 Å². The van der Waals surface area contributed by atoms with Crippen LogP contribution in [0.2, 0.25) is 0 Å². The van der Waals surface area contributed by atoms with E-state index in [0.29, 0.717) is 17.4 Å². The summed E-state index contributed by atoms with van der Waals surface area (Å²) in [5.41, 5.74) is 6.76. The van der Waals surface area contributed by atoms with E-state index >= 15 is 0 Å². The molecule has 0 radical (unpaired) electrons. The second-order valence-electron chi connectivity index (χ2n) is 4.20. The Morgan fingerprint density at radius 3 is 2.73 bits per heavy atom. The Labute approximate surface area is 89.5 Å². The normalized spacial score (nSPS) is 16.9. The molecule has 1 fully saturated rings. The van der Waals surface area contributed by atoms with E-state index in [0.717, 1.165) is 12.8 Å². The Bertz CT molecular complexity index is 352. The SMILES string of the molecule is CN(C(=O)c1cc(N)c[nH]1)C1CCCC1. The second-order valence-corrected chi connectivity index (χ2v) is 4.20. The summed E-state index contributed by atoms with van der Waals surface area (Å²) in [5, 5.41) is 0. The molecule has 0 spiro atoms. The first-order valence-electron chi connectivity index (χ1n) is 5.39. The minimum Gasteiger partial charge on any atom is -0.397 e. The van der Waals surface area contributed by atoms with Crippen molar-refractivity contribution >= 4 is 11.6 Å². The Balaban J connectivity index is 2.06. The fourth-order valence-corrected chi connectivity index (χ4v) is 2.18. The van der Waals surface area contributed by atoms with Crippen LogP contribution in [0.5, 0.6) is 0 Å². The Kier molecular flexibility index (Phi) is 2.66. The van der Waals surface area contributed by atoms with E-state index in [2.05, 4.69) is 4.98 Å². The van der Waals surface area contributed by atoms with Gasteiger partial charge in [0.1, 0.15) is 5.69 Å². The number of nitrogens with one attached hydrogen (secondary N) is 1. The minimum atomic E-state index is 0.0404. The molecular formula is C11H17N3O. The molecule has 0 bridgehead atoms. The van der Waals surface area contributed by atoms with Gasteiger partial charge in [-0.2, -0.15) is 0 Å². The summed E-state index contributed by atoms with van der Waals surface area (Å²) >= 11 is 0. The molecule has 1 heterocycles. The quantitative estimate of drug-likeness (QED) is 0.774. The first kappa shape index (κ1) is 10.1. The Morgan fingerprint density at radius 2 is 2.20 bits per heavy atom. The van der Waals surface area contributed by atoms with Crippen molar-refractivity contribution in [1.29, 1.82) is 0 Å². The van der Waals surface area contributed by atoms with Crippen LogP contribution >= 0.6 is 0 Å². The molecule has 0 aliphatic heterocycles. The monoisotopic (exact) mass is 207 g/mol. The molecular weight excluding hydrogens is 190 g/mol. The highest BCUT2D eigenvalue weighted by atomic mass is 16.2. The van der Waals surface area contributed by atoms with E-state index in [1.54, 1.807) is 12.3 Å². The molecule has 1 aromatic heterocycles. The molecule has 3 N–H and O–H groups in total. The van der Waals surface area contributed by atoms with Gasteiger partial charge in [-0.25, -0.2) is 0 Å². The van der Waals surface area contributed by atoms with Crippen LogP contribution in [0.25, 0.3) is 0 Å². The fourth-order valence-electron chi connectivity index (χ4n) is 2.18. The van der Waals surface area contributed by atoms with Crippen molar-refractivity contribution in [3.8, 4) is 0 Å². The number of nitrogens with two attached hydrogens (primary N) is 1. The van der Waals surface area contributed by atoms with Crippen LogP contribution < -0.4 is 5.73 Å². The molecule has 1 aliphatic carbocycles. The summed E-state index contributed by atoms with van der Waals surface area (Å²) < 4.78 is 0. The number of carbonyl (C=O) groups is 1. The van der Waals surface area contributed by atoms with Crippen LogP contribution in [0, 0.1) is 0 Å². The lowest BCUT2D eigenvalue weighted by Gasteiger charge is -2.23. The maximum absolute atomic E-state index is 12.0. The van der Waals surface area contributed by atoms with Gasteiger partial charge in [0.15, 0.2) is 0 Å². The number of rotatable bonds is 2. The number of nitrogens with zero attached hydrogens (tertiary/aromatic N) is 1.